The highest BCUT2D eigenvalue weighted by Gasteiger charge is 2.23. The third kappa shape index (κ3) is 4.17. The van der Waals surface area contributed by atoms with Gasteiger partial charge in [-0.1, -0.05) is 29.8 Å². The maximum atomic E-state index is 12.7. The summed E-state index contributed by atoms with van der Waals surface area (Å²) in [6, 6.07) is 18.7. The van der Waals surface area contributed by atoms with E-state index in [4.69, 9.17) is 16.3 Å². The fourth-order valence-corrected chi connectivity index (χ4v) is 3.63. The second-order valence-electron chi connectivity index (χ2n) is 6.77. The van der Waals surface area contributed by atoms with Crippen molar-refractivity contribution in [3.63, 3.8) is 0 Å². The standard InChI is InChI=1S/C22H21ClN4O2/c1-29-20-8-3-2-7-18(20)19-9-10-21(25-24-19)26-11-13-27(14-12-26)22(28)16-5-4-6-17(23)15-16/h2-10,15H,11-14H2,1H3. The van der Waals surface area contributed by atoms with Crippen LogP contribution in [0.4, 0.5) is 5.82 Å². The lowest BCUT2D eigenvalue weighted by Gasteiger charge is -2.35. The van der Waals surface area contributed by atoms with Gasteiger partial charge in [0.05, 0.1) is 12.8 Å². The number of para-hydroxylation sites is 1. The van der Waals surface area contributed by atoms with Crippen molar-refractivity contribution in [1.29, 1.82) is 0 Å². The smallest absolute Gasteiger partial charge is 0.254 e. The molecular weight excluding hydrogens is 388 g/mol. The number of benzene rings is 2. The second-order valence-corrected chi connectivity index (χ2v) is 7.20. The molecule has 148 valence electrons. The van der Waals surface area contributed by atoms with E-state index in [1.165, 1.54) is 0 Å². The van der Waals surface area contributed by atoms with Crippen LogP contribution in [0.5, 0.6) is 5.75 Å². The number of ether oxygens (including phenoxy) is 1. The summed E-state index contributed by atoms with van der Waals surface area (Å²) in [6.45, 7) is 2.66. The molecule has 1 amide bonds. The molecule has 0 unspecified atom stereocenters. The minimum absolute atomic E-state index is 0.00440. The van der Waals surface area contributed by atoms with Gasteiger partial charge in [-0.25, -0.2) is 0 Å². The summed E-state index contributed by atoms with van der Waals surface area (Å²) in [6.07, 6.45) is 0. The van der Waals surface area contributed by atoms with Gasteiger partial charge in [0, 0.05) is 42.3 Å². The van der Waals surface area contributed by atoms with E-state index in [9.17, 15) is 4.79 Å². The molecule has 2 heterocycles. The fraction of sp³-hybridized carbons (Fsp3) is 0.227. The van der Waals surface area contributed by atoms with Crippen LogP contribution in [0, 0.1) is 0 Å². The van der Waals surface area contributed by atoms with Gasteiger partial charge < -0.3 is 14.5 Å². The summed E-state index contributed by atoms with van der Waals surface area (Å²) in [5.74, 6) is 1.57. The minimum atomic E-state index is 0.00440. The van der Waals surface area contributed by atoms with E-state index in [0.29, 0.717) is 36.8 Å². The van der Waals surface area contributed by atoms with Crippen LogP contribution in [-0.2, 0) is 0 Å². The van der Waals surface area contributed by atoms with Crippen molar-refractivity contribution in [2.45, 2.75) is 0 Å². The number of amides is 1. The lowest BCUT2D eigenvalue weighted by molar-refractivity contribution is 0.0746. The first-order valence-electron chi connectivity index (χ1n) is 9.42. The Morgan fingerprint density at radius 2 is 1.76 bits per heavy atom. The molecule has 1 aliphatic heterocycles. The molecule has 1 fully saturated rings. The number of halogens is 1. The van der Waals surface area contributed by atoms with Gasteiger partial charge in [-0.15, -0.1) is 10.2 Å². The maximum Gasteiger partial charge on any atom is 0.254 e. The molecule has 4 rings (SSSR count). The van der Waals surface area contributed by atoms with E-state index in [2.05, 4.69) is 15.1 Å². The normalized spacial score (nSPS) is 14.0. The van der Waals surface area contributed by atoms with Crippen molar-refractivity contribution >= 4 is 23.3 Å². The average molecular weight is 409 g/mol. The molecule has 0 saturated carbocycles. The van der Waals surface area contributed by atoms with Gasteiger partial charge in [0.1, 0.15) is 5.75 Å². The van der Waals surface area contributed by atoms with Crippen LogP contribution in [0.25, 0.3) is 11.3 Å². The van der Waals surface area contributed by atoms with Crippen LogP contribution in [0.3, 0.4) is 0 Å². The highest BCUT2D eigenvalue weighted by Crippen LogP contribution is 2.28. The van der Waals surface area contributed by atoms with Crippen LogP contribution < -0.4 is 9.64 Å². The molecule has 1 saturated heterocycles. The van der Waals surface area contributed by atoms with E-state index in [0.717, 1.165) is 22.8 Å². The number of anilines is 1. The van der Waals surface area contributed by atoms with Crippen molar-refractivity contribution in [3.8, 4) is 17.0 Å². The predicted molar refractivity (Wildman–Crippen MR) is 114 cm³/mol. The summed E-state index contributed by atoms with van der Waals surface area (Å²) < 4.78 is 5.40. The first kappa shape index (κ1) is 19.2. The van der Waals surface area contributed by atoms with E-state index in [-0.39, 0.29) is 5.91 Å². The molecule has 0 spiro atoms. The molecule has 0 N–H and O–H groups in total. The summed E-state index contributed by atoms with van der Waals surface area (Å²) in [4.78, 5) is 16.7. The van der Waals surface area contributed by atoms with Crippen molar-refractivity contribution in [2.24, 2.45) is 0 Å². The van der Waals surface area contributed by atoms with Crippen molar-refractivity contribution < 1.29 is 9.53 Å². The molecular formula is C22H21ClN4O2. The van der Waals surface area contributed by atoms with Crippen molar-refractivity contribution in [2.75, 3.05) is 38.2 Å². The highest BCUT2D eigenvalue weighted by molar-refractivity contribution is 6.30. The van der Waals surface area contributed by atoms with E-state index >= 15 is 0 Å². The van der Waals surface area contributed by atoms with Crippen LogP contribution in [0.2, 0.25) is 5.02 Å². The van der Waals surface area contributed by atoms with Gasteiger partial charge in [-0.05, 0) is 42.5 Å². The number of piperazine rings is 1. The summed E-state index contributed by atoms with van der Waals surface area (Å²) in [5, 5.41) is 9.34. The minimum Gasteiger partial charge on any atom is -0.496 e. The highest BCUT2D eigenvalue weighted by atomic mass is 35.5. The van der Waals surface area contributed by atoms with Gasteiger partial charge in [0.25, 0.3) is 5.91 Å². The van der Waals surface area contributed by atoms with Gasteiger partial charge in [-0.3, -0.25) is 4.79 Å². The number of hydrogen-bond donors (Lipinski definition) is 0. The van der Waals surface area contributed by atoms with Gasteiger partial charge in [0.15, 0.2) is 5.82 Å². The Labute approximate surface area is 174 Å². The quantitative estimate of drug-likeness (QED) is 0.657. The molecule has 7 heteroatoms. The Kier molecular flexibility index (Phi) is 5.62. The number of hydrogen-bond acceptors (Lipinski definition) is 5. The third-order valence-electron chi connectivity index (χ3n) is 5.00. The largest absolute Gasteiger partial charge is 0.496 e. The van der Waals surface area contributed by atoms with E-state index < -0.39 is 0 Å². The number of carbonyl (C=O) groups excluding carboxylic acids is 1. The predicted octanol–water partition coefficient (Wildman–Crippen LogP) is 3.77. The molecule has 0 atom stereocenters. The Hall–Kier alpha value is -3.12. The Bertz CT molecular complexity index is 1000. The molecule has 0 radical (unpaired) electrons. The van der Waals surface area contributed by atoms with Crippen LogP contribution in [0.1, 0.15) is 10.4 Å². The van der Waals surface area contributed by atoms with Gasteiger partial charge >= 0.3 is 0 Å². The first-order valence-corrected chi connectivity index (χ1v) is 9.80. The molecule has 0 aliphatic carbocycles. The second kappa shape index (κ2) is 8.49. The maximum absolute atomic E-state index is 12.7. The lowest BCUT2D eigenvalue weighted by atomic mass is 10.1. The first-order chi connectivity index (χ1) is 14.2. The topological polar surface area (TPSA) is 58.6 Å². The Morgan fingerprint density at radius 3 is 2.45 bits per heavy atom. The number of aromatic nitrogens is 2. The van der Waals surface area contributed by atoms with Crippen molar-refractivity contribution in [3.05, 3.63) is 71.2 Å². The third-order valence-corrected chi connectivity index (χ3v) is 5.23. The van der Waals surface area contributed by atoms with E-state index in [1.54, 1.807) is 31.4 Å². The van der Waals surface area contributed by atoms with Crippen molar-refractivity contribution in [1.82, 2.24) is 15.1 Å². The zero-order valence-electron chi connectivity index (χ0n) is 16.1. The zero-order chi connectivity index (χ0) is 20.2. The number of carbonyl (C=O) groups is 1. The van der Waals surface area contributed by atoms with Crippen LogP contribution in [-0.4, -0.2) is 54.3 Å². The number of methoxy groups -OCH3 is 1. The summed E-state index contributed by atoms with van der Waals surface area (Å²) >= 11 is 6.01. The molecule has 6 nitrogen and oxygen atoms in total. The monoisotopic (exact) mass is 408 g/mol. The summed E-state index contributed by atoms with van der Waals surface area (Å²) in [5.41, 5.74) is 2.29. The summed E-state index contributed by atoms with van der Waals surface area (Å²) in [7, 11) is 1.64. The SMILES string of the molecule is COc1ccccc1-c1ccc(N2CCN(C(=O)c3cccc(Cl)c3)CC2)nn1. The van der Waals surface area contributed by atoms with Crippen LogP contribution >= 0.6 is 11.6 Å². The number of nitrogens with zero attached hydrogens (tertiary/aromatic N) is 4. The molecule has 3 aromatic rings. The fourth-order valence-electron chi connectivity index (χ4n) is 3.44. The number of rotatable bonds is 4. The molecule has 1 aromatic heterocycles. The van der Waals surface area contributed by atoms with Crippen LogP contribution in [0.15, 0.2) is 60.7 Å². The Balaban J connectivity index is 1.42. The molecule has 0 bridgehead atoms. The molecule has 2 aromatic carbocycles. The van der Waals surface area contributed by atoms with Gasteiger partial charge in [0.2, 0.25) is 0 Å². The van der Waals surface area contributed by atoms with Gasteiger partial charge in [-0.2, -0.15) is 0 Å². The Morgan fingerprint density at radius 1 is 0.966 bits per heavy atom. The zero-order valence-corrected chi connectivity index (χ0v) is 16.8. The van der Waals surface area contributed by atoms with E-state index in [1.807, 2.05) is 41.3 Å². The molecule has 1 aliphatic rings. The lowest BCUT2D eigenvalue weighted by Crippen LogP contribution is -2.49. The average Bonchev–Trinajstić information content (AvgIpc) is 2.79. The molecule has 29 heavy (non-hydrogen) atoms.